The smallest absolute Gasteiger partial charge is 0.0912 e. The van der Waals surface area contributed by atoms with Gasteiger partial charge in [0, 0.05) is 5.75 Å². The molecule has 0 aliphatic heterocycles. The fourth-order valence-corrected chi connectivity index (χ4v) is 0.884. The van der Waals surface area contributed by atoms with E-state index in [1.54, 1.807) is 18.2 Å². The lowest BCUT2D eigenvalue weighted by atomic mass is 10.4. The second-order valence-electron chi connectivity index (χ2n) is 1.81. The number of allylic oxidation sites excluding steroid dienone is 3. The van der Waals surface area contributed by atoms with Gasteiger partial charge in [-0.3, -0.25) is 0 Å². The highest BCUT2D eigenvalue weighted by molar-refractivity contribution is 7.88. The van der Waals surface area contributed by atoms with E-state index >= 15 is 0 Å². The van der Waals surface area contributed by atoms with E-state index in [0.29, 0.717) is 6.42 Å². The Morgan fingerprint density at radius 3 is 2.50 bits per heavy atom. The minimum Gasteiger partial charge on any atom is -0.244 e. The molecule has 0 aromatic carbocycles. The van der Waals surface area contributed by atoms with E-state index in [-0.39, 0.29) is 5.75 Å². The van der Waals surface area contributed by atoms with Crippen LogP contribution in [0.5, 0.6) is 0 Å². The Bertz CT molecular complexity index is 216. The van der Waals surface area contributed by atoms with Crippen LogP contribution in [0, 0.1) is 9.56 Å². The summed E-state index contributed by atoms with van der Waals surface area (Å²) < 4.78 is 25.4. The molecular weight excluding hydrogens is 151 g/mol. The molecule has 0 heterocycles. The minimum absolute atomic E-state index is 0.00264. The highest BCUT2D eigenvalue weighted by Crippen LogP contribution is 1.97. The maximum absolute atomic E-state index is 12.2. The molecule has 0 aromatic heterocycles. The van der Waals surface area contributed by atoms with Crippen LogP contribution in [-0.4, -0.2) is 5.75 Å². The van der Waals surface area contributed by atoms with Gasteiger partial charge in [-0.1, -0.05) is 24.8 Å². The van der Waals surface area contributed by atoms with Crippen LogP contribution >= 0.6 is 0 Å². The van der Waals surface area contributed by atoms with Crippen molar-refractivity contribution in [3.63, 3.8) is 0 Å². The molecule has 0 aromatic rings. The zero-order valence-corrected chi connectivity index (χ0v) is 6.46. The summed E-state index contributed by atoms with van der Waals surface area (Å²) in [7, 11) is -3.29. The quantitative estimate of drug-likeness (QED) is 0.597. The standard InChI is InChI=1S/C6H11FN2S/c1-2-3-4-5-6-10(7,8)9/h2-4,8-9H,1,5-6H2/b4-3-. The van der Waals surface area contributed by atoms with Gasteiger partial charge in [0.2, 0.25) is 0 Å². The predicted molar refractivity (Wildman–Crippen MR) is 42.7 cm³/mol. The molecule has 0 saturated carbocycles. The number of hydrogen-bond acceptors (Lipinski definition) is 2. The predicted octanol–water partition coefficient (Wildman–Crippen LogP) is 2.68. The van der Waals surface area contributed by atoms with Crippen LogP contribution in [0.1, 0.15) is 6.42 Å². The first-order valence-electron chi connectivity index (χ1n) is 2.83. The third kappa shape index (κ3) is 7.36. The van der Waals surface area contributed by atoms with Gasteiger partial charge in [0.25, 0.3) is 0 Å². The maximum atomic E-state index is 12.2. The minimum atomic E-state index is -3.29. The van der Waals surface area contributed by atoms with Gasteiger partial charge in [0.05, 0.1) is 10.0 Å². The molecule has 0 bridgehead atoms. The summed E-state index contributed by atoms with van der Waals surface area (Å²) in [4.78, 5) is 0. The first kappa shape index (κ1) is 9.36. The molecule has 0 fully saturated rings. The number of rotatable bonds is 4. The number of nitrogens with one attached hydrogen (secondary N) is 2. The molecular formula is C6H11FN2S. The maximum Gasteiger partial charge on any atom is 0.0912 e. The SMILES string of the molecule is C=C/C=C\CCS(=N)(=N)F. The molecule has 0 atom stereocenters. The fraction of sp³-hybridized carbons (Fsp3) is 0.333. The van der Waals surface area contributed by atoms with E-state index in [1.807, 2.05) is 0 Å². The lowest BCUT2D eigenvalue weighted by Gasteiger charge is -1.93. The van der Waals surface area contributed by atoms with E-state index in [1.165, 1.54) is 0 Å². The zero-order valence-electron chi connectivity index (χ0n) is 5.64. The molecule has 0 radical (unpaired) electrons. The van der Waals surface area contributed by atoms with E-state index in [9.17, 15) is 3.89 Å². The summed E-state index contributed by atoms with van der Waals surface area (Å²) in [6, 6.07) is 0. The van der Waals surface area contributed by atoms with Crippen molar-refractivity contribution in [1.82, 2.24) is 0 Å². The molecule has 0 unspecified atom stereocenters. The Morgan fingerprint density at radius 2 is 2.10 bits per heavy atom. The Kier molecular flexibility index (Phi) is 3.95. The van der Waals surface area contributed by atoms with E-state index < -0.39 is 10.0 Å². The third-order valence-electron chi connectivity index (χ3n) is 0.838. The molecule has 10 heavy (non-hydrogen) atoms. The summed E-state index contributed by atoms with van der Waals surface area (Å²) >= 11 is 0. The van der Waals surface area contributed by atoms with Gasteiger partial charge in [-0.05, 0) is 6.42 Å². The van der Waals surface area contributed by atoms with E-state index in [4.69, 9.17) is 9.56 Å². The Labute approximate surface area is 61.2 Å². The van der Waals surface area contributed by atoms with Crippen LogP contribution in [0.4, 0.5) is 3.89 Å². The lowest BCUT2D eigenvalue weighted by Crippen LogP contribution is -1.91. The number of hydrogen-bond donors (Lipinski definition) is 2. The molecule has 0 saturated heterocycles. The molecule has 4 heteroatoms. The van der Waals surface area contributed by atoms with Crippen LogP contribution in [0.3, 0.4) is 0 Å². The highest BCUT2D eigenvalue weighted by atomic mass is 32.2. The van der Waals surface area contributed by atoms with Crippen molar-refractivity contribution in [3.8, 4) is 0 Å². The second-order valence-corrected chi connectivity index (χ2v) is 3.53. The van der Waals surface area contributed by atoms with Crippen molar-refractivity contribution < 1.29 is 3.89 Å². The van der Waals surface area contributed by atoms with Gasteiger partial charge in [-0.15, -0.1) is 3.89 Å². The normalized spacial score (nSPS) is 12.1. The second kappa shape index (κ2) is 4.22. The molecule has 0 rings (SSSR count). The monoisotopic (exact) mass is 162 g/mol. The van der Waals surface area contributed by atoms with Crippen molar-refractivity contribution in [3.05, 3.63) is 24.8 Å². The molecule has 0 spiro atoms. The summed E-state index contributed by atoms with van der Waals surface area (Å²) in [5.41, 5.74) is 0. The third-order valence-corrected chi connectivity index (χ3v) is 1.64. The van der Waals surface area contributed by atoms with Gasteiger partial charge < -0.3 is 0 Å². The van der Waals surface area contributed by atoms with Gasteiger partial charge in [0.1, 0.15) is 0 Å². The average Bonchev–Trinajstić information content (AvgIpc) is 1.78. The summed E-state index contributed by atoms with van der Waals surface area (Å²) in [5, 5.41) is 0. The van der Waals surface area contributed by atoms with Crippen LogP contribution in [0.15, 0.2) is 24.8 Å². The molecule has 2 nitrogen and oxygen atoms in total. The largest absolute Gasteiger partial charge is 0.244 e. The molecule has 0 amide bonds. The van der Waals surface area contributed by atoms with Crippen molar-refractivity contribution in [2.45, 2.75) is 6.42 Å². The van der Waals surface area contributed by atoms with Gasteiger partial charge in [-0.2, -0.15) is 0 Å². The summed E-state index contributed by atoms with van der Waals surface area (Å²) in [6.45, 7) is 3.43. The topological polar surface area (TPSA) is 47.7 Å². The van der Waals surface area contributed by atoms with Gasteiger partial charge in [0.15, 0.2) is 0 Å². The van der Waals surface area contributed by atoms with E-state index in [0.717, 1.165) is 0 Å². The Hall–Kier alpha value is -0.640. The van der Waals surface area contributed by atoms with Crippen molar-refractivity contribution >= 4 is 10.0 Å². The zero-order chi connectivity index (χ0) is 8.04. The van der Waals surface area contributed by atoms with E-state index in [2.05, 4.69) is 6.58 Å². The Balaban J connectivity index is 3.57. The van der Waals surface area contributed by atoms with Crippen molar-refractivity contribution in [2.24, 2.45) is 0 Å². The van der Waals surface area contributed by atoms with Crippen molar-refractivity contribution in [2.75, 3.05) is 5.75 Å². The highest BCUT2D eigenvalue weighted by Gasteiger charge is 1.93. The molecule has 58 valence electrons. The van der Waals surface area contributed by atoms with Crippen LogP contribution in [0.2, 0.25) is 0 Å². The molecule has 2 N–H and O–H groups in total. The summed E-state index contributed by atoms with van der Waals surface area (Å²) in [6.07, 6.45) is 5.43. The van der Waals surface area contributed by atoms with Crippen LogP contribution in [-0.2, 0) is 10.0 Å². The molecule has 0 aliphatic rings. The average molecular weight is 162 g/mol. The fourth-order valence-electron chi connectivity index (χ4n) is 0.423. The molecule has 0 aliphatic carbocycles. The number of halogens is 1. The first-order valence-corrected chi connectivity index (χ1v) is 4.54. The van der Waals surface area contributed by atoms with Crippen molar-refractivity contribution in [1.29, 1.82) is 9.56 Å². The lowest BCUT2D eigenvalue weighted by molar-refractivity contribution is 0.881. The Morgan fingerprint density at radius 1 is 1.50 bits per heavy atom. The first-order chi connectivity index (χ1) is 4.56. The summed E-state index contributed by atoms with van der Waals surface area (Å²) in [5.74, 6) is -0.00264. The van der Waals surface area contributed by atoms with Gasteiger partial charge >= 0.3 is 0 Å². The van der Waals surface area contributed by atoms with Gasteiger partial charge in [-0.25, -0.2) is 9.56 Å². The van der Waals surface area contributed by atoms with Crippen LogP contribution in [0.25, 0.3) is 0 Å². The van der Waals surface area contributed by atoms with Crippen LogP contribution < -0.4 is 0 Å².